The zero-order valence-electron chi connectivity index (χ0n) is 23.4. The van der Waals surface area contributed by atoms with Crippen molar-refractivity contribution in [3.05, 3.63) is 48.4 Å². The molecule has 4 rings (SSSR count). The van der Waals surface area contributed by atoms with Crippen LogP contribution in [0.15, 0.2) is 42.6 Å². The Bertz CT molecular complexity index is 1360. The minimum absolute atomic E-state index is 0.00189. The second-order valence-electron chi connectivity index (χ2n) is 10.5. The Balaban J connectivity index is 1.59. The van der Waals surface area contributed by atoms with Gasteiger partial charge in [-0.15, -0.1) is 0 Å². The van der Waals surface area contributed by atoms with Crippen molar-refractivity contribution >= 4 is 28.4 Å². The molecule has 1 atom stereocenters. The van der Waals surface area contributed by atoms with Gasteiger partial charge in [-0.25, -0.2) is 4.39 Å². The molecule has 3 N–H and O–H groups in total. The average Bonchev–Trinajstić information content (AvgIpc) is 2.94. The Labute approximate surface area is 233 Å². The number of primary amides is 1. The molecule has 1 aliphatic rings. The van der Waals surface area contributed by atoms with Crippen LogP contribution in [-0.2, 0) is 9.59 Å². The number of methoxy groups -OCH3 is 1. The number of nitrogens with two attached hydrogens (primary N) is 1. The summed E-state index contributed by atoms with van der Waals surface area (Å²) >= 11 is 0. The maximum Gasteiger partial charge on any atom is 0.316 e. The minimum atomic E-state index is -1.10. The summed E-state index contributed by atoms with van der Waals surface area (Å²) in [7, 11) is 1.57. The highest BCUT2D eigenvalue weighted by molar-refractivity contribution is 6.39. The van der Waals surface area contributed by atoms with E-state index in [4.69, 9.17) is 19.9 Å². The number of pyridine rings is 1. The molecule has 1 saturated heterocycles. The third-order valence-corrected chi connectivity index (χ3v) is 7.18. The highest BCUT2D eigenvalue weighted by Gasteiger charge is 2.24. The normalized spacial score (nSPS) is 14.7. The molecule has 10 heteroatoms. The Morgan fingerprint density at radius 3 is 2.48 bits per heavy atom. The number of halogens is 1. The molecule has 40 heavy (non-hydrogen) atoms. The first-order chi connectivity index (χ1) is 19.2. The van der Waals surface area contributed by atoms with Gasteiger partial charge in [0.1, 0.15) is 5.75 Å². The summed E-state index contributed by atoms with van der Waals surface area (Å²) in [5.74, 6) is -0.556. The van der Waals surface area contributed by atoms with Crippen molar-refractivity contribution in [3.63, 3.8) is 0 Å². The van der Waals surface area contributed by atoms with Crippen molar-refractivity contribution in [3.8, 4) is 23.0 Å². The fourth-order valence-corrected chi connectivity index (χ4v) is 4.81. The van der Waals surface area contributed by atoms with E-state index in [-0.39, 0.29) is 30.0 Å². The summed E-state index contributed by atoms with van der Waals surface area (Å²) in [6, 6.07) is 9.32. The lowest BCUT2D eigenvalue weighted by Crippen LogP contribution is -2.41. The minimum Gasteiger partial charge on any atom is -0.493 e. The third-order valence-electron chi connectivity index (χ3n) is 7.18. The van der Waals surface area contributed by atoms with E-state index in [9.17, 15) is 9.59 Å². The van der Waals surface area contributed by atoms with Crippen LogP contribution in [-0.4, -0.2) is 49.6 Å². The number of rotatable bonds is 10. The van der Waals surface area contributed by atoms with Crippen molar-refractivity contribution in [1.82, 2.24) is 10.3 Å². The lowest BCUT2D eigenvalue weighted by atomic mass is 9.93. The molecule has 0 radical (unpaired) electrons. The molecule has 2 amide bonds. The van der Waals surface area contributed by atoms with Gasteiger partial charge in [0.25, 0.3) is 0 Å². The number of benzene rings is 2. The SMILES string of the molecule is COc1cc2c(Oc3ccc(N(CCC(C)C)C(=O)C(N)=O)cc3F)ccnc2cc1OC(C)C1CCNCC1. The number of carbonyl (C=O) groups is 2. The summed E-state index contributed by atoms with van der Waals surface area (Å²) < 4.78 is 33.1. The number of ether oxygens (including phenoxy) is 3. The molecule has 2 heterocycles. The van der Waals surface area contributed by atoms with E-state index >= 15 is 4.39 Å². The number of fused-ring (bicyclic) bond motifs is 1. The quantitative estimate of drug-likeness (QED) is 0.347. The van der Waals surface area contributed by atoms with Crippen LogP contribution in [0.4, 0.5) is 10.1 Å². The van der Waals surface area contributed by atoms with Crippen molar-refractivity contribution in [2.24, 2.45) is 17.6 Å². The molecule has 2 aromatic carbocycles. The maximum atomic E-state index is 15.2. The number of nitrogens with zero attached hydrogens (tertiary/aromatic N) is 2. The smallest absolute Gasteiger partial charge is 0.316 e. The van der Waals surface area contributed by atoms with Gasteiger partial charge in [0.15, 0.2) is 23.1 Å². The largest absolute Gasteiger partial charge is 0.493 e. The summed E-state index contributed by atoms with van der Waals surface area (Å²) in [6.07, 6.45) is 4.29. The lowest BCUT2D eigenvalue weighted by Gasteiger charge is -2.29. The molecule has 1 fully saturated rings. The predicted molar refractivity (Wildman–Crippen MR) is 151 cm³/mol. The van der Waals surface area contributed by atoms with Gasteiger partial charge in [0, 0.05) is 35.9 Å². The van der Waals surface area contributed by atoms with E-state index in [1.807, 2.05) is 13.8 Å². The molecule has 3 aromatic rings. The molecule has 0 saturated carbocycles. The summed E-state index contributed by atoms with van der Waals surface area (Å²) in [6.45, 7) is 8.23. The second kappa shape index (κ2) is 13.0. The number of anilines is 1. The fraction of sp³-hybridized carbons (Fsp3) is 0.433. The van der Waals surface area contributed by atoms with E-state index in [1.54, 1.807) is 31.5 Å². The van der Waals surface area contributed by atoms with E-state index in [1.165, 1.54) is 17.0 Å². The van der Waals surface area contributed by atoms with Crippen LogP contribution in [0, 0.1) is 17.7 Å². The lowest BCUT2D eigenvalue weighted by molar-refractivity contribution is -0.135. The van der Waals surface area contributed by atoms with Crippen LogP contribution < -0.4 is 30.2 Å². The Kier molecular flexibility index (Phi) is 9.42. The van der Waals surface area contributed by atoms with Gasteiger partial charge in [0.05, 0.1) is 18.7 Å². The van der Waals surface area contributed by atoms with E-state index < -0.39 is 17.6 Å². The molecular weight excluding hydrogens is 515 g/mol. The fourth-order valence-electron chi connectivity index (χ4n) is 4.81. The first-order valence-corrected chi connectivity index (χ1v) is 13.6. The van der Waals surface area contributed by atoms with Crippen LogP contribution in [0.5, 0.6) is 23.0 Å². The predicted octanol–water partition coefficient (Wildman–Crippen LogP) is 4.81. The number of hydrogen-bond donors (Lipinski definition) is 2. The first kappa shape index (κ1) is 29.1. The number of carbonyl (C=O) groups excluding carboxylic acids is 2. The standard InChI is InChI=1S/C30H37FN4O5/c1-18(2)10-14-35(30(37)29(32)36)21-5-6-26(23(31)15-21)40-25-9-13-34-24-17-28(27(38-4)16-22(24)25)39-19(3)20-7-11-33-12-8-20/h5-6,9,13,15-20,33H,7-8,10-12,14H2,1-4H3,(H2,32,36). The Hall–Kier alpha value is -3.92. The average molecular weight is 553 g/mol. The molecular formula is C30H37FN4O5. The topological polar surface area (TPSA) is 116 Å². The van der Waals surface area contributed by atoms with Gasteiger partial charge in [-0.05, 0) is 75.4 Å². The molecule has 1 aromatic heterocycles. The van der Waals surface area contributed by atoms with Gasteiger partial charge in [0.2, 0.25) is 0 Å². The zero-order chi connectivity index (χ0) is 28.8. The van der Waals surface area contributed by atoms with Crippen LogP contribution in [0.25, 0.3) is 10.9 Å². The number of nitrogens with one attached hydrogen (secondary N) is 1. The third kappa shape index (κ3) is 6.80. The monoisotopic (exact) mass is 552 g/mol. The van der Waals surface area contributed by atoms with Gasteiger partial charge in [-0.2, -0.15) is 0 Å². The number of amides is 2. The van der Waals surface area contributed by atoms with Crippen LogP contribution >= 0.6 is 0 Å². The molecule has 0 aliphatic carbocycles. The summed E-state index contributed by atoms with van der Waals surface area (Å²) in [5, 5.41) is 3.99. The zero-order valence-corrected chi connectivity index (χ0v) is 23.4. The van der Waals surface area contributed by atoms with Crippen LogP contribution in [0.3, 0.4) is 0 Å². The maximum absolute atomic E-state index is 15.2. The Morgan fingerprint density at radius 1 is 1.07 bits per heavy atom. The van der Waals surface area contributed by atoms with Gasteiger partial charge < -0.3 is 30.2 Å². The highest BCUT2D eigenvalue weighted by atomic mass is 19.1. The van der Waals surface area contributed by atoms with E-state index in [0.717, 1.165) is 32.0 Å². The second-order valence-corrected chi connectivity index (χ2v) is 10.5. The van der Waals surface area contributed by atoms with Gasteiger partial charge in [-0.3, -0.25) is 14.6 Å². The van der Waals surface area contributed by atoms with Gasteiger partial charge in [-0.1, -0.05) is 13.8 Å². The summed E-state index contributed by atoms with van der Waals surface area (Å²) in [4.78, 5) is 29.6. The molecule has 0 spiro atoms. The number of hydrogen-bond acceptors (Lipinski definition) is 7. The van der Waals surface area contributed by atoms with Crippen molar-refractivity contribution in [2.75, 3.05) is 31.6 Å². The van der Waals surface area contributed by atoms with Crippen molar-refractivity contribution < 1.29 is 28.2 Å². The van der Waals surface area contributed by atoms with Crippen LogP contribution in [0.2, 0.25) is 0 Å². The summed E-state index contributed by atoms with van der Waals surface area (Å²) in [5.41, 5.74) is 6.05. The van der Waals surface area contributed by atoms with Gasteiger partial charge >= 0.3 is 11.8 Å². The van der Waals surface area contributed by atoms with Crippen LogP contribution in [0.1, 0.15) is 40.0 Å². The highest BCUT2D eigenvalue weighted by Crippen LogP contribution is 2.39. The molecule has 0 bridgehead atoms. The van der Waals surface area contributed by atoms with Crippen molar-refractivity contribution in [2.45, 2.75) is 46.1 Å². The molecule has 1 aliphatic heterocycles. The van der Waals surface area contributed by atoms with Crippen molar-refractivity contribution in [1.29, 1.82) is 0 Å². The molecule has 1 unspecified atom stereocenters. The Morgan fingerprint density at radius 2 is 1.82 bits per heavy atom. The van der Waals surface area contributed by atoms with E-state index in [2.05, 4.69) is 17.2 Å². The number of piperidine rings is 1. The molecule has 214 valence electrons. The molecule has 9 nitrogen and oxygen atoms in total. The first-order valence-electron chi connectivity index (χ1n) is 13.6. The number of aromatic nitrogens is 1. The van der Waals surface area contributed by atoms with E-state index in [0.29, 0.717) is 40.5 Å².